The van der Waals surface area contributed by atoms with Crippen molar-refractivity contribution >= 4 is 33.6 Å². The Balaban J connectivity index is 1.98. The third-order valence-electron chi connectivity index (χ3n) is 4.32. The van der Waals surface area contributed by atoms with E-state index in [1.54, 1.807) is 13.4 Å². The van der Waals surface area contributed by atoms with Crippen molar-refractivity contribution in [1.29, 1.82) is 0 Å². The van der Waals surface area contributed by atoms with E-state index < -0.39 is 0 Å². The van der Waals surface area contributed by atoms with Gasteiger partial charge in [0.1, 0.15) is 17.7 Å². The largest absolute Gasteiger partial charge is 0.497 e. The maximum Gasteiger partial charge on any atom is 0.145 e. The zero-order chi connectivity index (χ0) is 17.4. The Bertz CT molecular complexity index is 1040. The van der Waals surface area contributed by atoms with Crippen LogP contribution in [0.3, 0.4) is 0 Å². The van der Waals surface area contributed by atoms with Gasteiger partial charge in [0, 0.05) is 12.6 Å². The molecular weight excluding hydrogens is 425 g/mol. The third-order valence-corrected chi connectivity index (χ3v) is 5.37. The quantitative estimate of drug-likeness (QED) is 0.424. The summed E-state index contributed by atoms with van der Waals surface area (Å²) < 4.78 is 8.56. The highest BCUT2D eigenvalue weighted by atomic mass is 127. The van der Waals surface area contributed by atoms with Crippen LogP contribution < -0.4 is 4.74 Å². The van der Waals surface area contributed by atoms with Crippen LogP contribution >= 0.6 is 22.6 Å². The molecule has 4 aromatic rings. The highest BCUT2D eigenvalue weighted by Crippen LogP contribution is 2.37. The molecule has 2 aromatic carbocycles. The van der Waals surface area contributed by atoms with Crippen LogP contribution in [0, 0.1) is 3.57 Å². The lowest BCUT2D eigenvalue weighted by atomic mass is 10.1. The molecule has 0 bridgehead atoms. The number of ether oxygens (including phenoxy) is 1. The SMILES string of the molecule is COc1ccc(-c2ncnc3c2c(I)c(-c2ccccc2)n3C)cc1. The number of aromatic nitrogens is 3. The van der Waals surface area contributed by atoms with Crippen molar-refractivity contribution in [2.75, 3.05) is 7.11 Å². The summed E-state index contributed by atoms with van der Waals surface area (Å²) in [5.41, 5.74) is 5.26. The minimum Gasteiger partial charge on any atom is -0.497 e. The van der Waals surface area contributed by atoms with E-state index in [9.17, 15) is 0 Å². The van der Waals surface area contributed by atoms with Gasteiger partial charge in [0.05, 0.1) is 27.5 Å². The summed E-state index contributed by atoms with van der Waals surface area (Å²) >= 11 is 2.40. The van der Waals surface area contributed by atoms with Crippen LogP contribution in [0.15, 0.2) is 60.9 Å². The molecule has 0 N–H and O–H groups in total. The van der Waals surface area contributed by atoms with Crippen LogP contribution in [0.2, 0.25) is 0 Å². The number of rotatable bonds is 3. The predicted molar refractivity (Wildman–Crippen MR) is 109 cm³/mol. The van der Waals surface area contributed by atoms with Gasteiger partial charge >= 0.3 is 0 Å². The summed E-state index contributed by atoms with van der Waals surface area (Å²) in [4.78, 5) is 9.10. The van der Waals surface area contributed by atoms with E-state index in [1.165, 1.54) is 5.56 Å². The van der Waals surface area contributed by atoms with Crippen LogP contribution in [0.25, 0.3) is 33.5 Å². The van der Waals surface area contributed by atoms with Gasteiger partial charge < -0.3 is 9.30 Å². The molecule has 5 heteroatoms. The average molecular weight is 441 g/mol. The lowest BCUT2D eigenvalue weighted by Crippen LogP contribution is -1.94. The van der Waals surface area contributed by atoms with E-state index in [0.29, 0.717) is 0 Å². The second kappa shape index (κ2) is 6.48. The molecule has 0 aliphatic rings. The molecule has 2 aromatic heterocycles. The molecule has 0 aliphatic heterocycles. The highest BCUT2D eigenvalue weighted by Gasteiger charge is 2.19. The van der Waals surface area contributed by atoms with Crippen molar-refractivity contribution in [2.24, 2.45) is 7.05 Å². The van der Waals surface area contributed by atoms with Crippen LogP contribution in [-0.2, 0) is 7.05 Å². The van der Waals surface area contributed by atoms with Gasteiger partial charge in [-0.2, -0.15) is 0 Å². The Morgan fingerprint density at radius 3 is 2.32 bits per heavy atom. The normalized spacial score (nSPS) is 11.0. The Hall–Kier alpha value is -2.41. The monoisotopic (exact) mass is 441 g/mol. The van der Waals surface area contributed by atoms with Crippen LogP contribution in [-0.4, -0.2) is 21.6 Å². The van der Waals surface area contributed by atoms with Crippen molar-refractivity contribution < 1.29 is 4.74 Å². The van der Waals surface area contributed by atoms with Gasteiger partial charge in [-0.3, -0.25) is 0 Å². The lowest BCUT2D eigenvalue weighted by Gasteiger charge is -2.05. The molecular formula is C20H16IN3O. The number of fused-ring (bicyclic) bond motifs is 1. The van der Waals surface area contributed by atoms with E-state index in [0.717, 1.165) is 37.3 Å². The van der Waals surface area contributed by atoms with E-state index in [-0.39, 0.29) is 0 Å². The van der Waals surface area contributed by atoms with Crippen LogP contribution in [0.5, 0.6) is 5.75 Å². The zero-order valence-electron chi connectivity index (χ0n) is 13.9. The predicted octanol–water partition coefficient (Wildman–Crippen LogP) is 4.92. The summed E-state index contributed by atoms with van der Waals surface area (Å²) in [7, 11) is 3.72. The van der Waals surface area contributed by atoms with Crippen molar-refractivity contribution in [2.45, 2.75) is 0 Å². The molecule has 0 unspecified atom stereocenters. The minimum absolute atomic E-state index is 0.835. The number of nitrogens with zero attached hydrogens (tertiary/aromatic N) is 3. The smallest absolute Gasteiger partial charge is 0.145 e. The van der Waals surface area contributed by atoms with Gasteiger partial charge in [0.2, 0.25) is 0 Å². The molecule has 4 nitrogen and oxygen atoms in total. The molecule has 0 saturated heterocycles. The van der Waals surface area contributed by atoms with Gasteiger partial charge in [-0.15, -0.1) is 0 Å². The number of methoxy groups -OCH3 is 1. The molecule has 4 rings (SSSR count). The first-order valence-corrected chi connectivity index (χ1v) is 8.97. The Labute approximate surface area is 159 Å². The minimum atomic E-state index is 0.835. The second-order valence-corrected chi connectivity index (χ2v) is 6.82. The maximum atomic E-state index is 5.26. The van der Waals surface area contributed by atoms with Gasteiger partial charge in [-0.05, 0) is 52.4 Å². The fourth-order valence-electron chi connectivity index (χ4n) is 3.09. The van der Waals surface area contributed by atoms with E-state index in [2.05, 4.69) is 68.4 Å². The summed E-state index contributed by atoms with van der Waals surface area (Å²) in [6.45, 7) is 0. The van der Waals surface area contributed by atoms with E-state index in [1.807, 2.05) is 30.3 Å². The highest BCUT2D eigenvalue weighted by molar-refractivity contribution is 14.1. The molecule has 2 heterocycles. The fraction of sp³-hybridized carbons (Fsp3) is 0.100. The first-order valence-electron chi connectivity index (χ1n) is 7.89. The van der Waals surface area contributed by atoms with Crippen molar-refractivity contribution in [3.8, 4) is 28.3 Å². The van der Waals surface area contributed by atoms with Gasteiger partial charge in [-0.25, -0.2) is 9.97 Å². The molecule has 124 valence electrons. The van der Waals surface area contributed by atoms with Gasteiger partial charge in [-0.1, -0.05) is 30.3 Å². The molecule has 0 amide bonds. The zero-order valence-corrected chi connectivity index (χ0v) is 16.1. The number of benzene rings is 2. The number of hydrogen-bond acceptors (Lipinski definition) is 3. The van der Waals surface area contributed by atoms with Crippen molar-refractivity contribution in [3.05, 3.63) is 64.5 Å². The Kier molecular flexibility index (Phi) is 4.17. The summed E-state index contributed by atoms with van der Waals surface area (Å²) in [5, 5.41) is 1.08. The lowest BCUT2D eigenvalue weighted by molar-refractivity contribution is 0.415. The molecule has 0 fully saturated rings. The molecule has 0 saturated carbocycles. The molecule has 0 radical (unpaired) electrons. The maximum absolute atomic E-state index is 5.26. The fourth-order valence-corrected chi connectivity index (χ4v) is 4.26. The number of hydrogen-bond donors (Lipinski definition) is 0. The second-order valence-electron chi connectivity index (χ2n) is 5.74. The summed E-state index contributed by atoms with van der Waals surface area (Å²) in [5.74, 6) is 0.835. The van der Waals surface area contributed by atoms with Gasteiger partial charge in [0.15, 0.2) is 0 Å². The van der Waals surface area contributed by atoms with Crippen LogP contribution in [0.1, 0.15) is 0 Å². The van der Waals surface area contributed by atoms with Crippen LogP contribution in [0.4, 0.5) is 0 Å². The van der Waals surface area contributed by atoms with Crippen molar-refractivity contribution in [3.63, 3.8) is 0 Å². The van der Waals surface area contributed by atoms with E-state index >= 15 is 0 Å². The average Bonchev–Trinajstić information content (AvgIpc) is 2.93. The van der Waals surface area contributed by atoms with Crippen molar-refractivity contribution in [1.82, 2.24) is 14.5 Å². The number of halogens is 1. The standard InChI is InChI=1S/C20H16IN3O/c1-24-19(14-6-4-3-5-7-14)17(21)16-18(22-12-23-20(16)24)13-8-10-15(25-2)11-9-13/h3-12H,1-2H3. The first-order chi connectivity index (χ1) is 12.2. The number of aryl methyl sites for hydroxylation is 1. The summed E-state index contributed by atoms with van der Waals surface area (Å²) in [6, 6.07) is 18.4. The van der Waals surface area contributed by atoms with Gasteiger partial charge in [0.25, 0.3) is 0 Å². The Morgan fingerprint density at radius 2 is 1.64 bits per heavy atom. The molecule has 0 atom stereocenters. The first kappa shape index (κ1) is 16.1. The molecule has 0 spiro atoms. The summed E-state index contributed by atoms with van der Waals surface area (Å²) in [6.07, 6.45) is 1.63. The third kappa shape index (κ3) is 2.68. The van der Waals surface area contributed by atoms with E-state index in [4.69, 9.17) is 4.74 Å². The topological polar surface area (TPSA) is 39.9 Å². The Morgan fingerprint density at radius 1 is 0.920 bits per heavy atom. The molecule has 25 heavy (non-hydrogen) atoms. The molecule has 0 aliphatic carbocycles.